The maximum Gasteiger partial charge on any atom is 0.288 e. The lowest BCUT2D eigenvalue weighted by Crippen LogP contribution is -2.28. The minimum absolute atomic E-state index is 0.148. The minimum atomic E-state index is -0.148. The van der Waals surface area contributed by atoms with Gasteiger partial charge in [-0.1, -0.05) is 19.1 Å². The first-order valence-corrected chi connectivity index (χ1v) is 8.87. The molecule has 3 heterocycles. The van der Waals surface area contributed by atoms with Crippen LogP contribution >= 0.6 is 12.2 Å². The first kappa shape index (κ1) is 17.4. The van der Waals surface area contributed by atoms with Gasteiger partial charge in [-0.25, -0.2) is 9.67 Å². The van der Waals surface area contributed by atoms with Crippen LogP contribution in [0, 0.1) is 4.84 Å². The Morgan fingerprint density at radius 2 is 2.11 bits per heavy atom. The molecule has 0 radical (unpaired) electrons. The molecule has 1 aromatic carbocycles. The minimum Gasteiger partial charge on any atom is -0.459 e. The summed E-state index contributed by atoms with van der Waals surface area (Å²) in [5, 5.41) is 4.94. The maximum atomic E-state index is 12.2. The Hall–Kier alpha value is -3.04. The molecule has 8 nitrogen and oxygen atoms in total. The molecule has 4 rings (SSSR count). The van der Waals surface area contributed by atoms with E-state index in [4.69, 9.17) is 21.1 Å². The van der Waals surface area contributed by atoms with Crippen molar-refractivity contribution in [2.45, 2.75) is 20.1 Å². The first-order chi connectivity index (χ1) is 13.1. The lowest BCUT2D eigenvalue weighted by Gasteiger charge is -2.19. The maximum absolute atomic E-state index is 12.2. The topological polar surface area (TPSA) is 93.1 Å². The van der Waals surface area contributed by atoms with E-state index in [2.05, 4.69) is 15.1 Å². The molecule has 1 N–H and O–H groups in total. The summed E-state index contributed by atoms with van der Waals surface area (Å²) < 4.78 is 12.4. The summed E-state index contributed by atoms with van der Waals surface area (Å²) in [5.41, 5.74) is 0.523. The zero-order valence-electron chi connectivity index (χ0n) is 14.6. The third-order valence-electron chi connectivity index (χ3n) is 4.15. The van der Waals surface area contributed by atoms with Crippen molar-refractivity contribution in [1.29, 1.82) is 0 Å². The molecule has 138 valence electrons. The molecule has 0 unspecified atom stereocenters. The third kappa shape index (κ3) is 3.60. The monoisotopic (exact) mass is 383 g/mol. The van der Waals surface area contributed by atoms with Gasteiger partial charge in [0.15, 0.2) is 5.76 Å². The highest BCUT2D eigenvalue weighted by molar-refractivity contribution is 7.71. The lowest BCUT2D eigenvalue weighted by molar-refractivity contribution is 0.200. The summed E-state index contributed by atoms with van der Waals surface area (Å²) in [6.45, 7) is 3.56. The summed E-state index contributed by atoms with van der Waals surface area (Å²) in [4.78, 5) is 21.9. The van der Waals surface area contributed by atoms with Gasteiger partial charge in [0, 0.05) is 0 Å². The Balaban J connectivity index is 1.57. The molecule has 0 saturated carbocycles. The predicted molar refractivity (Wildman–Crippen MR) is 101 cm³/mol. The number of fused-ring (bicyclic) bond motifs is 1. The molecule has 0 fully saturated rings. The van der Waals surface area contributed by atoms with Crippen LogP contribution in [0.4, 0.5) is 0 Å². The number of hydrogen-bond acceptors (Lipinski definition) is 7. The molecular formula is C18H17N5O3S. The van der Waals surface area contributed by atoms with Gasteiger partial charge in [0.2, 0.25) is 0 Å². The largest absolute Gasteiger partial charge is 0.459 e. The van der Waals surface area contributed by atoms with Crippen LogP contribution in [-0.4, -0.2) is 31.2 Å². The van der Waals surface area contributed by atoms with Crippen molar-refractivity contribution in [2.75, 3.05) is 6.54 Å². The van der Waals surface area contributed by atoms with Crippen molar-refractivity contribution >= 4 is 23.1 Å². The Morgan fingerprint density at radius 3 is 2.89 bits per heavy atom. The van der Waals surface area contributed by atoms with Crippen LogP contribution in [0.5, 0.6) is 0 Å². The molecule has 0 amide bonds. The van der Waals surface area contributed by atoms with E-state index >= 15 is 0 Å². The summed E-state index contributed by atoms with van der Waals surface area (Å²) in [5.74, 6) is 1.43. The highest BCUT2D eigenvalue weighted by Gasteiger charge is 2.14. The van der Waals surface area contributed by atoms with E-state index in [1.165, 1.54) is 0 Å². The molecule has 0 aliphatic heterocycles. The van der Waals surface area contributed by atoms with E-state index in [0.717, 1.165) is 0 Å². The second-order valence-corrected chi connectivity index (χ2v) is 6.32. The van der Waals surface area contributed by atoms with Crippen molar-refractivity contribution < 1.29 is 8.83 Å². The number of furan rings is 1. The zero-order valence-corrected chi connectivity index (χ0v) is 15.4. The van der Waals surface area contributed by atoms with E-state index < -0.39 is 0 Å². The Labute approximate surface area is 159 Å². The van der Waals surface area contributed by atoms with E-state index in [-0.39, 0.29) is 10.4 Å². The van der Waals surface area contributed by atoms with E-state index in [0.29, 0.717) is 48.1 Å². The number of benzene rings is 1. The molecule has 0 atom stereocenters. The van der Waals surface area contributed by atoms with Crippen molar-refractivity contribution in [1.82, 2.24) is 24.6 Å². The number of para-hydroxylation sites is 1. The number of H-pyrrole nitrogens is 1. The van der Waals surface area contributed by atoms with Gasteiger partial charge in [-0.15, -0.1) is 5.10 Å². The Morgan fingerprint density at radius 1 is 1.26 bits per heavy atom. The van der Waals surface area contributed by atoms with Crippen LogP contribution in [-0.2, 0) is 13.2 Å². The summed E-state index contributed by atoms with van der Waals surface area (Å²) in [6, 6.07) is 10.8. The first-order valence-electron chi connectivity index (χ1n) is 8.46. The van der Waals surface area contributed by atoms with Crippen molar-refractivity contribution in [2.24, 2.45) is 0 Å². The molecular weight excluding hydrogens is 366 g/mol. The number of rotatable bonds is 6. The standard InChI is InChI=1S/C18H17N5O3S/c1-2-22(10-15-19-13-7-4-3-6-12(13)16(24)20-15)11-23-18(27)26-17(21-23)14-8-5-9-25-14/h3-9H,2,10-11H2,1H3,(H,19,20,24). The van der Waals surface area contributed by atoms with Crippen LogP contribution in [0.3, 0.4) is 0 Å². The van der Waals surface area contributed by atoms with Crippen LogP contribution in [0.1, 0.15) is 12.7 Å². The summed E-state index contributed by atoms with van der Waals surface area (Å²) in [6.07, 6.45) is 1.55. The normalized spacial score (nSPS) is 11.5. The summed E-state index contributed by atoms with van der Waals surface area (Å²) in [7, 11) is 0. The van der Waals surface area contributed by atoms with Crippen molar-refractivity contribution in [3.8, 4) is 11.7 Å². The van der Waals surface area contributed by atoms with Crippen LogP contribution in [0.2, 0.25) is 0 Å². The number of aromatic nitrogens is 4. The van der Waals surface area contributed by atoms with Gasteiger partial charge in [-0.05, 0) is 43.0 Å². The fourth-order valence-electron chi connectivity index (χ4n) is 2.77. The third-order valence-corrected chi connectivity index (χ3v) is 4.45. The molecule has 0 bridgehead atoms. The molecule has 0 aliphatic carbocycles. The SMILES string of the molecule is CCN(Cc1nc2ccccc2c(=O)[nH]1)Cn1nc(-c2ccco2)oc1=S. The van der Waals surface area contributed by atoms with Gasteiger partial charge in [0.25, 0.3) is 16.3 Å². The molecule has 0 saturated heterocycles. The number of nitrogens with one attached hydrogen (secondary N) is 1. The fourth-order valence-corrected chi connectivity index (χ4v) is 2.95. The molecule has 0 aliphatic rings. The average molecular weight is 383 g/mol. The second-order valence-electron chi connectivity index (χ2n) is 5.97. The van der Waals surface area contributed by atoms with Gasteiger partial charge in [-0.3, -0.25) is 9.69 Å². The lowest BCUT2D eigenvalue weighted by atomic mass is 10.2. The van der Waals surface area contributed by atoms with Crippen molar-refractivity contribution in [3.63, 3.8) is 0 Å². The van der Waals surface area contributed by atoms with Crippen LogP contribution < -0.4 is 5.56 Å². The smallest absolute Gasteiger partial charge is 0.288 e. The molecule has 3 aromatic heterocycles. The van der Waals surface area contributed by atoms with Crippen molar-refractivity contribution in [3.05, 3.63) is 63.7 Å². The molecule has 0 spiro atoms. The molecule has 27 heavy (non-hydrogen) atoms. The van der Waals surface area contributed by atoms with Gasteiger partial charge >= 0.3 is 0 Å². The summed E-state index contributed by atoms with van der Waals surface area (Å²) >= 11 is 5.25. The quantitative estimate of drug-likeness (QED) is 0.511. The van der Waals surface area contributed by atoms with Gasteiger partial charge in [0.05, 0.1) is 30.4 Å². The van der Waals surface area contributed by atoms with Gasteiger partial charge in [0.1, 0.15) is 5.82 Å². The highest BCUT2D eigenvalue weighted by atomic mass is 32.1. The highest BCUT2D eigenvalue weighted by Crippen LogP contribution is 2.18. The molecule has 9 heteroatoms. The molecule has 4 aromatic rings. The number of nitrogens with zero attached hydrogens (tertiary/aromatic N) is 4. The Kier molecular flexibility index (Phi) is 4.69. The van der Waals surface area contributed by atoms with Crippen LogP contribution in [0.25, 0.3) is 22.6 Å². The van der Waals surface area contributed by atoms with E-state index in [1.807, 2.05) is 30.0 Å². The number of aromatic amines is 1. The Bertz CT molecular complexity index is 1180. The predicted octanol–water partition coefficient (Wildman–Crippen LogP) is 3.18. The van der Waals surface area contributed by atoms with E-state index in [9.17, 15) is 4.79 Å². The van der Waals surface area contributed by atoms with E-state index in [1.54, 1.807) is 29.1 Å². The van der Waals surface area contributed by atoms with Crippen LogP contribution in [0.15, 0.2) is 56.3 Å². The number of hydrogen-bond donors (Lipinski definition) is 1. The van der Waals surface area contributed by atoms with Gasteiger partial charge in [-0.2, -0.15) is 0 Å². The average Bonchev–Trinajstić information content (AvgIpc) is 3.31. The van der Waals surface area contributed by atoms with Gasteiger partial charge < -0.3 is 13.8 Å². The zero-order chi connectivity index (χ0) is 18.8. The fraction of sp³-hybridized carbons (Fsp3) is 0.222. The second kappa shape index (κ2) is 7.29.